The molecular weight excluding hydrogens is 396 g/mol. The summed E-state index contributed by atoms with van der Waals surface area (Å²) >= 11 is 1.46. The van der Waals surface area contributed by atoms with Crippen LogP contribution >= 0.6 is 11.8 Å². The standard InChI is InChI=1S/C16H30N2O9S/c1-3-28-11(17)4-5-26-16(15(24)25)6-9(21)12(18-8(2)20)14(27-16)13(23)10(22)7-19/h9-14,19,21-23H,3-7,17H2,1-2H3,(H,18,20)(H,24,25)/t9-,10+,11?,12+,13+,14+,16-/m0/s1. The third-order valence-corrected chi connectivity index (χ3v) is 5.30. The molecule has 164 valence electrons. The van der Waals surface area contributed by atoms with E-state index in [0.717, 1.165) is 5.75 Å². The van der Waals surface area contributed by atoms with Gasteiger partial charge in [0.05, 0.1) is 30.7 Å². The van der Waals surface area contributed by atoms with Crippen molar-refractivity contribution < 1.29 is 44.6 Å². The van der Waals surface area contributed by atoms with Gasteiger partial charge in [0.25, 0.3) is 5.79 Å². The van der Waals surface area contributed by atoms with Crippen LogP contribution in [0.4, 0.5) is 0 Å². The molecule has 1 aliphatic rings. The normalized spacial score (nSPS) is 31.0. The van der Waals surface area contributed by atoms with Gasteiger partial charge in [-0.15, -0.1) is 11.8 Å². The highest BCUT2D eigenvalue weighted by molar-refractivity contribution is 7.99. The number of carboxylic acid groups (broad SMARTS) is 1. The van der Waals surface area contributed by atoms with E-state index in [1.165, 1.54) is 18.7 Å². The number of aliphatic hydroxyl groups excluding tert-OH is 4. The lowest BCUT2D eigenvalue weighted by molar-refractivity contribution is -0.311. The minimum Gasteiger partial charge on any atom is -0.477 e. The van der Waals surface area contributed by atoms with Crippen LogP contribution in [0.1, 0.15) is 26.7 Å². The smallest absolute Gasteiger partial charge is 0.364 e. The molecule has 0 aromatic rings. The Morgan fingerprint density at radius 2 is 2.07 bits per heavy atom. The van der Waals surface area contributed by atoms with Crippen molar-refractivity contribution >= 4 is 23.6 Å². The first-order chi connectivity index (χ1) is 13.1. The lowest BCUT2D eigenvalue weighted by atomic mass is 9.88. The molecule has 28 heavy (non-hydrogen) atoms. The second kappa shape index (κ2) is 11.3. The number of aliphatic carboxylic acids is 1. The molecule has 1 saturated heterocycles. The molecular formula is C16H30N2O9S. The lowest BCUT2D eigenvalue weighted by Gasteiger charge is -2.46. The number of carbonyl (C=O) groups is 2. The van der Waals surface area contributed by atoms with Crippen molar-refractivity contribution in [3.05, 3.63) is 0 Å². The maximum atomic E-state index is 11.9. The van der Waals surface area contributed by atoms with E-state index >= 15 is 0 Å². The van der Waals surface area contributed by atoms with Gasteiger partial charge in [-0.25, -0.2) is 4.79 Å². The van der Waals surface area contributed by atoms with Gasteiger partial charge in [0.15, 0.2) is 0 Å². The molecule has 12 heteroatoms. The molecule has 0 saturated carbocycles. The maximum Gasteiger partial charge on any atom is 0.364 e. The van der Waals surface area contributed by atoms with Gasteiger partial charge in [0.2, 0.25) is 5.91 Å². The quantitative estimate of drug-likeness (QED) is 0.174. The van der Waals surface area contributed by atoms with E-state index < -0.39 is 61.1 Å². The lowest BCUT2D eigenvalue weighted by Crippen LogP contribution is -2.68. The molecule has 0 bridgehead atoms. The zero-order valence-corrected chi connectivity index (χ0v) is 16.7. The first kappa shape index (κ1) is 25.0. The highest BCUT2D eigenvalue weighted by Crippen LogP contribution is 2.33. The number of hydrogen-bond acceptors (Lipinski definition) is 10. The molecule has 1 fully saturated rings. The van der Waals surface area contributed by atoms with Crippen molar-refractivity contribution in [1.29, 1.82) is 0 Å². The Bertz CT molecular complexity index is 526. The Hall–Kier alpha value is -0.990. The Morgan fingerprint density at radius 1 is 1.43 bits per heavy atom. The van der Waals surface area contributed by atoms with Crippen molar-refractivity contribution in [2.45, 2.75) is 68.3 Å². The average Bonchev–Trinajstić information content (AvgIpc) is 2.62. The van der Waals surface area contributed by atoms with Crippen molar-refractivity contribution in [3.8, 4) is 0 Å². The zero-order chi connectivity index (χ0) is 21.5. The second-order valence-electron chi connectivity index (χ2n) is 6.51. The predicted octanol–water partition coefficient (Wildman–Crippen LogP) is -2.42. The summed E-state index contributed by atoms with van der Waals surface area (Å²) in [5, 5.41) is 51.3. The van der Waals surface area contributed by atoms with Crippen molar-refractivity contribution in [2.24, 2.45) is 5.73 Å². The summed E-state index contributed by atoms with van der Waals surface area (Å²) < 4.78 is 10.9. The Morgan fingerprint density at radius 3 is 2.57 bits per heavy atom. The van der Waals surface area contributed by atoms with E-state index in [2.05, 4.69) is 5.32 Å². The van der Waals surface area contributed by atoms with Crippen LogP contribution < -0.4 is 11.1 Å². The monoisotopic (exact) mass is 426 g/mol. The molecule has 1 unspecified atom stereocenters. The minimum atomic E-state index is -2.31. The van der Waals surface area contributed by atoms with Crippen molar-refractivity contribution in [3.63, 3.8) is 0 Å². The van der Waals surface area contributed by atoms with Gasteiger partial charge in [0.1, 0.15) is 18.3 Å². The van der Waals surface area contributed by atoms with Crippen LogP contribution in [-0.2, 0) is 19.1 Å². The number of ether oxygens (including phenoxy) is 2. The zero-order valence-electron chi connectivity index (χ0n) is 15.9. The Balaban J connectivity index is 3.05. The van der Waals surface area contributed by atoms with E-state index in [1.807, 2.05) is 6.92 Å². The van der Waals surface area contributed by atoms with Gasteiger partial charge in [0, 0.05) is 13.3 Å². The molecule has 0 aromatic heterocycles. The van der Waals surface area contributed by atoms with Crippen LogP contribution in [0.3, 0.4) is 0 Å². The average molecular weight is 426 g/mol. The summed E-state index contributed by atoms with van der Waals surface area (Å²) in [6, 6.07) is -1.22. The van der Waals surface area contributed by atoms with E-state index in [-0.39, 0.29) is 12.0 Å². The number of carboxylic acids is 1. The van der Waals surface area contributed by atoms with E-state index in [9.17, 15) is 30.0 Å². The highest BCUT2D eigenvalue weighted by atomic mass is 32.2. The molecule has 1 amide bonds. The number of amides is 1. The SMILES string of the molecule is CCSC(N)CCO[C@@]1(C(=O)O)C[C@H](O)[C@@H](NC(C)=O)[C@H]([C@H](O)[C@H](O)CO)O1. The number of nitrogens with one attached hydrogen (secondary N) is 1. The fourth-order valence-electron chi connectivity index (χ4n) is 2.91. The minimum absolute atomic E-state index is 0.0939. The number of rotatable bonds is 11. The molecule has 0 aliphatic carbocycles. The third-order valence-electron chi connectivity index (χ3n) is 4.30. The molecule has 1 aliphatic heterocycles. The number of carbonyl (C=O) groups excluding carboxylic acids is 1. The van der Waals surface area contributed by atoms with Gasteiger partial charge in [-0.3, -0.25) is 4.79 Å². The first-order valence-corrected chi connectivity index (χ1v) is 9.97. The predicted molar refractivity (Wildman–Crippen MR) is 99.2 cm³/mol. The summed E-state index contributed by atoms with van der Waals surface area (Å²) in [5.74, 6) is -3.65. The van der Waals surface area contributed by atoms with Crippen molar-refractivity contribution in [1.82, 2.24) is 5.32 Å². The molecule has 1 rings (SSSR count). The van der Waals surface area contributed by atoms with Gasteiger partial charge in [-0.2, -0.15) is 0 Å². The van der Waals surface area contributed by atoms with Crippen LogP contribution in [0.15, 0.2) is 0 Å². The molecule has 7 atom stereocenters. The summed E-state index contributed by atoms with van der Waals surface area (Å²) in [6.07, 6.45) is -6.71. The molecule has 8 N–H and O–H groups in total. The Kier molecular flexibility index (Phi) is 10.1. The fourth-order valence-corrected chi connectivity index (χ4v) is 3.61. The summed E-state index contributed by atoms with van der Waals surface area (Å²) in [6.45, 7) is 2.16. The summed E-state index contributed by atoms with van der Waals surface area (Å²) in [7, 11) is 0. The van der Waals surface area contributed by atoms with Gasteiger partial charge < -0.3 is 46.1 Å². The molecule has 11 nitrogen and oxygen atoms in total. The molecule has 0 aromatic carbocycles. The van der Waals surface area contributed by atoms with Gasteiger partial charge in [-0.05, 0) is 12.2 Å². The number of aliphatic hydroxyl groups is 4. The second-order valence-corrected chi connectivity index (χ2v) is 8.03. The van der Waals surface area contributed by atoms with E-state index in [0.29, 0.717) is 6.42 Å². The maximum absolute atomic E-state index is 11.9. The van der Waals surface area contributed by atoms with Crippen LogP contribution in [-0.4, -0.2) is 98.0 Å². The van der Waals surface area contributed by atoms with Crippen LogP contribution in [0.5, 0.6) is 0 Å². The third kappa shape index (κ3) is 6.52. The van der Waals surface area contributed by atoms with E-state index in [4.69, 9.17) is 20.3 Å². The van der Waals surface area contributed by atoms with E-state index in [1.54, 1.807) is 0 Å². The van der Waals surface area contributed by atoms with Crippen molar-refractivity contribution in [2.75, 3.05) is 19.0 Å². The summed E-state index contributed by atoms with van der Waals surface area (Å²) in [5.41, 5.74) is 5.85. The number of nitrogens with two attached hydrogens (primary N) is 1. The number of thioether (sulfide) groups is 1. The first-order valence-electron chi connectivity index (χ1n) is 8.92. The largest absolute Gasteiger partial charge is 0.477 e. The summed E-state index contributed by atoms with van der Waals surface area (Å²) in [4.78, 5) is 23.3. The topological polar surface area (TPSA) is 192 Å². The van der Waals surface area contributed by atoms with Gasteiger partial charge >= 0.3 is 5.97 Å². The molecule has 0 radical (unpaired) electrons. The fraction of sp³-hybridized carbons (Fsp3) is 0.875. The van der Waals surface area contributed by atoms with Gasteiger partial charge in [-0.1, -0.05) is 6.92 Å². The highest BCUT2D eigenvalue weighted by Gasteiger charge is 2.55. The Labute approximate surface area is 167 Å². The molecule has 1 heterocycles. The van der Waals surface area contributed by atoms with Crippen LogP contribution in [0.25, 0.3) is 0 Å². The van der Waals surface area contributed by atoms with Crippen LogP contribution in [0, 0.1) is 0 Å². The van der Waals surface area contributed by atoms with Crippen LogP contribution in [0.2, 0.25) is 0 Å². The number of hydrogen-bond donors (Lipinski definition) is 7. The molecule has 0 spiro atoms.